The van der Waals surface area contributed by atoms with Crippen LogP contribution in [0.1, 0.15) is 0 Å². The van der Waals surface area contributed by atoms with Crippen LogP contribution in [0.25, 0.3) is 5.69 Å². The van der Waals surface area contributed by atoms with Crippen molar-refractivity contribution >= 4 is 0 Å². The number of aromatic nitrogens is 4. The highest BCUT2D eigenvalue weighted by Crippen LogP contribution is 2.19. The molecule has 2 aromatic rings. The van der Waals surface area contributed by atoms with Crippen LogP contribution in [0.2, 0.25) is 0 Å². The van der Waals surface area contributed by atoms with Gasteiger partial charge in [0.25, 0.3) is 0 Å². The highest BCUT2D eigenvalue weighted by atomic mass is 16.5. The largest absolute Gasteiger partial charge is 0.494 e. The van der Waals surface area contributed by atoms with Crippen molar-refractivity contribution in [1.29, 1.82) is 0 Å². The molecule has 0 fully saturated rings. The Morgan fingerprint density at radius 2 is 2.23 bits per heavy atom. The van der Waals surface area contributed by atoms with E-state index < -0.39 is 0 Å². The quantitative estimate of drug-likeness (QED) is 0.665. The van der Waals surface area contributed by atoms with Crippen molar-refractivity contribution in [3.05, 3.63) is 30.6 Å². The van der Waals surface area contributed by atoms with Crippen LogP contribution in [-0.4, -0.2) is 27.3 Å². The van der Waals surface area contributed by atoms with Crippen LogP contribution in [0.15, 0.2) is 24.3 Å². The van der Waals surface area contributed by atoms with E-state index in [1.165, 1.54) is 4.80 Å². The van der Waals surface area contributed by atoms with Crippen molar-refractivity contribution in [2.45, 2.75) is 0 Å². The Hall–Kier alpha value is -1.91. The molecule has 2 rings (SSSR count). The Bertz CT molecular complexity index is 385. The minimum atomic E-state index is 0.703. The van der Waals surface area contributed by atoms with Gasteiger partial charge in [-0.3, -0.25) is 0 Å². The third-order valence-electron chi connectivity index (χ3n) is 1.61. The summed E-state index contributed by atoms with van der Waals surface area (Å²) in [6, 6.07) is 7.43. The summed E-state index contributed by atoms with van der Waals surface area (Å²) in [5.74, 6) is 0.703. The Morgan fingerprint density at radius 3 is 2.92 bits per heavy atom. The van der Waals surface area contributed by atoms with E-state index in [1.807, 2.05) is 24.3 Å². The van der Waals surface area contributed by atoms with Gasteiger partial charge in [-0.05, 0) is 17.3 Å². The fourth-order valence-electron chi connectivity index (χ4n) is 1.04. The Balaban J connectivity index is 2.51. The summed E-state index contributed by atoms with van der Waals surface area (Å²) in [4.78, 5) is 1.36. The van der Waals surface area contributed by atoms with Gasteiger partial charge in [-0.1, -0.05) is 12.1 Å². The lowest BCUT2D eigenvalue weighted by Crippen LogP contribution is -2.01. The summed E-state index contributed by atoms with van der Waals surface area (Å²) in [7, 11) is 1.60. The van der Waals surface area contributed by atoms with Gasteiger partial charge in [0, 0.05) is 0 Å². The predicted octanol–water partition coefficient (Wildman–Crippen LogP) is 0.471. The highest BCUT2D eigenvalue weighted by Gasteiger charge is 2.04. The summed E-state index contributed by atoms with van der Waals surface area (Å²) in [6.45, 7) is 0. The Morgan fingerprint density at radius 1 is 1.38 bits per heavy atom. The van der Waals surface area contributed by atoms with Crippen molar-refractivity contribution in [3.63, 3.8) is 0 Å². The lowest BCUT2D eigenvalue weighted by Gasteiger charge is -2.04. The number of rotatable bonds is 2. The normalized spacial score (nSPS) is 9.92. The number of ether oxygens (including phenoxy) is 1. The molecule has 0 amide bonds. The number of hydrogen-bond acceptors (Lipinski definition) is 4. The van der Waals surface area contributed by atoms with Crippen molar-refractivity contribution in [1.82, 2.24) is 20.2 Å². The monoisotopic (exact) mass is 175 g/mol. The first-order valence-corrected chi connectivity index (χ1v) is 3.71. The molecule has 0 saturated heterocycles. The smallest absolute Gasteiger partial charge is 0.246 e. The van der Waals surface area contributed by atoms with E-state index in [4.69, 9.17) is 4.74 Å². The molecule has 1 aromatic heterocycles. The first-order valence-electron chi connectivity index (χ1n) is 3.71. The zero-order valence-electron chi connectivity index (χ0n) is 7.01. The van der Waals surface area contributed by atoms with Gasteiger partial charge in [0.2, 0.25) is 6.33 Å². The van der Waals surface area contributed by atoms with Gasteiger partial charge in [0.15, 0.2) is 0 Å². The third-order valence-corrected chi connectivity index (χ3v) is 1.61. The maximum absolute atomic E-state index is 5.13. The van der Waals surface area contributed by atoms with Gasteiger partial charge in [-0.15, -0.1) is 15.0 Å². The molecule has 5 nitrogen and oxygen atoms in total. The van der Waals surface area contributed by atoms with E-state index in [9.17, 15) is 0 Å². The topological polar surface area (TPSA) is 52.8 Å². The van der Waals surface area contributed by atoms with Crippen molar-refractivity contribution in [2.75, 3.05) is 7.11 Å². The van der Waals surface area contributed by atoms with Gasteiger partial charge < -0.3 is 4.74 Å². The first-order chi connectivity index (χ1) is 6.42. The Labute approximate surface area is 75.0 Å². The summed E-state index contributed by atoms with van der Waals surface area (Å²) in [5, 5.41) is 11.0. The molecule has 5 heteroatoms. The van der Waals surface area contributed by atoms with Gasteiger partial charge in [0.05, 0.1) is 7.11 Å². The van der Waals surface area contributed by atoms with E-state index >= 15 is 0 Å². The van der Waals surface area contributed by atoms with E-state index in [2.05, 4.69) is 21.7 Å². The SMILES string of the molecule is COc1ccccc1-n1n[c]nn1. The second kappa shape index (κ2) is 3.22. The van der Waals surface area contributed by atoms with Crippen molar-refractivity contribution in [3.8, 4) is 11.4 Å². The number of benzene rings is 1. The molecule has 0 spiro atoms. The average Bonchev–Trinajstić information content (AvgIpc) is 2.70. The summed E-state index contributed by atoms with van der Waals surface area (Å²) in [5.41, 5.74) is 0.749. The second-order valence-electron chi connectivity index (χ2n) is 2.35. The standard InChI is InChI=1S/C8H7N4O/c1-13-8-5-3-2-4-7(8)12-10-6-9-11-12/h2-5H,1H3. The van der Waals surface area contributed by atoms with E-state index in [-0.39, 0.29) is 0 Å². The van der Waals surface area contributed by atoms with E-state index in [0.717, 1.165) is 5.69 Å². The maximum Gasteiger partial charge on any atom is 0.246 e. The number of methoxy groups -OCH3 is 1. The first kappa shape index (κ1) is 7.72. The zero-order valence-corrected chi connectivity index (χ0v) is 7.01. The van der Waals surface area contributed by atoms with Gasteiger partial charge in [-0.2, -0.15) is 0 Å². The summed E-state index contributed by atoms with van der Waals surface area (Å²) < 4.78 is 5.13. The van der Waals surface area contributed by atoms with E-state index in [0.29, 0.717) is 5.75 Å². The Kier molecular flexibility index (Phi) is 1.91. The molecule has 1 aromatic carbocycles. The van der Waals surface area contributed by atoms with Crippen molar-refractivity contribution < 1.29 is 4.74 Å². The molecule has 1 heterocycles. The van der Waals surface area contributed by atoms with Crippen LogP contribution in [0, 0.1) is 6.33 Å². The molecule has 0 N–H and O–H groups in total. The van der Waals surface area contributed by atoms with Crippen LogP contribution in [0.4, 0.5) is 0 Å². The van der Waals surface area contributed by atoms with Gasteiger partial charge in [-0.25, -0.2) is 0 Å². The van der Waals surface area contributed by atoms with E-state index in [1.54, 1.807) is 7.11 Å². The molecule has 0 aliphatic heterocycles. The molecular weight excluding hydrogens is 168 g/mol. The fraction of sp³-hybridized carbons (Fsp3) is 0.125. The number of para-hydroxylation sites is 2. The molecule has 0 atom stereocenters. The molecule has 0 saturated carbocycles. The molecule has 0 unspecified atom stereocenters. The summed E-state index contributed by atoms with van der Waals surface area (Å²) >= 11 is 0. The van der Waals surface area contributed by atoms with Crippen LogP contribution in [0.5, 0.6) is 5.75 Å². The van der Waals surface area contributed by atoms with Crippen LogP contribution in [0.3, 0.4) is 0 Å². The third kappa shape index (κ3) is 1.35. The van der Waals surface area contributed by atoms with Gasteiger partial charge >= 0.3 is 0 Å². The minimum Gasteiger partial charge on any atom is -0.494 e. The number of hydrogen-bond donors (Lipinski definition) is 0. The van der Waals surface area contributed by atoms with Crippen molar-refractivity contribution in [2.24, 2.45) is 0 Å². The molecule has 65 valence electrons. The van der Waals surface area contributed by atoms with Crippen LogP contribution in [-0.2, 0) is 0 Å². The van der Waals surface area contributed by atoms with Crippen LogP contribution < -0.4 is 4.74 Å². The average molecular weight is 175 g/mol. The lowest BCUT2D eigenvalue weighted by molar-refractivity contribution is 0.409. The van der Waals surface area contributed by atoms with Crippen LogP contribution >= 0.6 is 0 Å². The summed E-state index contributed by atoms with van der Waals surface area (Å²) in [6.07, 6.45) is 2.38. The molecule has 13 heavy (non-hydrogen) atoms. The maximum atomic E-state index is 5.13. The zero-order chi connectivity index (χ0) is 9.10. The minimum absolute atomic E-state index is 0.703. The highest BCUT2D eigenvalue weighted by molar-refractivity contribution is 5.44. The number of nitrogens with zero attached hydrogens (tertiary/aromatic N) is 4. The molecular formula is C8H7N4O. The molecule has 0 bridgehead atoms. The number of tetrazole rings is 1. The fourth-order valence-corrected chi connectivity index (χ4v) is 1.04. The lowest BCUT2D eigenvalue weighted by atomic mass is 10.3. The molecule has 0 aliphatic carbocycles. The van der Waals surface area contributed by atoms with Gasteiger partial charge in [0.1, 0.15) is 11.4 Å². The molecule has 0 aliphatic rings. The second-order valence-corrected chi connectivity index (χ2v) is 2.35. The predicted molar refractivity (Wildman–Crippen MR) is 44.5 cm³/mol. The molecule has 1 radical (unpaired) electrons.